The number of carbonyl (C=O) groups is 2. The first kappa shape index (κ1) is 19.8. The highest BCUT2D eigenvalue weighted by Crippen LogP contribution is 2.19. The molecule has 7 nitrogen and oxygen atoms in total. The minimum absolute atomic E-state index is 0.0320. The standard InChI is InChI=1S/C21H26N4O3/c1-24(2)12-14-5-4-6-15(9-14)13-25(3)21(28)18-10-16(11-22-20(18)27)19(26)23-17-7-8-17/h4-6,9-11,17H,7-8,12-13H2,1-3H3,(H,22,27)(H,23,26). The van der Waals surface area contributed by atoms with Crippen molar-refractivity contribution < 1.29 is 9.59 Å². The Morgan fingerprint density at radius 2 is 1.79 bits per heavy atom. The number of rotatable bonds is 7. The van der Waals surface area contributed by atoms with Crippen molar-refractivity contribution in [3.8, 4) is 0 Å². The molecule has 3 rings (SSSR count). The molecule has 1 aromatic heterocycles. The third-order valence-electron chi connectivity index (χ3n) is 4.57. The van der Waals surface area contributed by atoms with Crippen molar-refractivity contribution in [3.05, 3.63) is 69.1 Å². The Balaban J connectivity index is 1.74. The van der Waals surface area contributed by atoms with Gasteiger partial charge in [-0.25, -0.2) is 0 Å². The number of hydrogen-bond donors (Lipinski definition) is 2. The number of benzene rings is 1. The van der Waals surface area contributed by atoms with Crippen molar-refractivity contribution in [2.75, 3.05) is 21.1 Å². The Bertz CT molecular complexity index is 931. The monoisotopic (exact) mass is 382 g/mol. The van der Waals surface area contributed by atoms with Crippen LogP contribution in [0.1, 0.15) is 44.7 Å². The summed E-state index contributed by atoms with van der Waals surface area (Å²) in [5.74, 6) is -0.688. The second-order valence-electron chi connectivity index (χ2n) is 7.60. The van der Waals surface area contributed by atoms with Gasteiger partial charge in [0.25, 0.3) is 17.4 Å². The van der Waals surface area contributed by atoms with E-state index in [9.17, 15) is 14.4 Å². The van der Waals surface area contributed by atoms with Crippen molar-refractivity contribution in [2.45, 2.75) is 32.0 Å². The molecular formula is C21H26N4O3. The maximum absolute atomic E-state index is 12.8. The van der Waals surface area contributed by atoms with E-state index in [1.165, 1.54) is 17.2 Å². The van der Waals surface area contributed by atoms with Gasteiger partial charge in [0, 0.05) is 32.4 Å². The molecular weight excluding hydrogens is 356 g/mol. The Labute approximate surface area is 164 Å². The second-order valence-corrected chi connectivity index (χ2v) is 7.60. The van der Waals surface area contributed by atoms with E-state index < -0.39 is 11.5 Å². The van der Waals surface area contributed by atoms with E-state index in [1.807, 2.05) is 38.4 Å². The lowest BCUT2D eigenvalue weighted by atomic mass is 10.1. The summed E-state index contributed by atoms with van der Waals surface area (Å²) < 4.78 is 0. The van der Waals surface area contributed by atoms with E-state index >= 15 is 0 Å². The van der Waals surface area contributed by atoms with Gasteiger partial charge in [0.2, 0.25) is 0 Å². The normalized spacial score (nSPS) is 13.4. The minimum atomic E-state index is -0.499. The van der Waals surface area contributed by atoms with E-state index in [0.717, 1.165) is 30.5 Å². The summed E-state index contributed by atoms with van der Waals surface area (Å²) in [7, 11) is 5.65. The average Bonchev–Trinajstić information content (AvgIpc) is 3.45. The smallest absolute Gasteiger partial charge is 0.260 e. The van der Waals surface area contributed by atoms with Crippen LogP contribution in [0.4, 0.5) is 0 Å². The maximum Gasteiger partial charge on any atom is 0.260 e. The van der Waals surface area contributed by atoms with Gasteiger partial charge in [-0.2, -0.15) is 0 Å². The highest BCUT2D eigenvalue weighted by atomic mass is 16.2. The van der Waals surface area contributed by atoms with Crippen LogP contribution >= 0.6 is 0 Å². The fourth-order valence-corrected chi connectivity index (χ4v) is 3.01. The summed E-state index contributed by atoms with van der Waals surface area (Å²) in [6, 6.07) is 9.58. The Hall–Kier alpha value is -2.93. The van der Waals surface area contributed by atoms with Crippen molar-refractivity contribution in [1.29, 1.82) is 0 Å². The SMILES string of the molecule is CN(C)Cc1cccc(CN(C)C(=O)c2cc(C(=O)NC3CC3)c[nH]c2=O)c1. The molecule has 1 heterocycles. The number of aromatic amines is 1. The predicted octanol–water partition coefficient (Wildman–Crippen LogP) is 1.60. The lowest BCUT2D eigenvalue weighted by Gasteiger charge is -2.18. The zero-order chi connectivity index (χ0) is 20.3. The molecule has 2 amide bonds. The molecule has 0 spiro atoms. The Morgan fingerprint density at radius 1 is 1.11 bits per heavy atom. The molecule has 0 unspecified atom stereocenters. The number of carbonyl (C=O) groups excluding carboxylic acids is 2. The van der Waals surface area contributed by atoms with Crippen LogP contribution in [0.15, 0.2) is 41.3 Å². The first-order valence-electron chi connectivity index (χ1n) is 9.35. The molecule has 148 valence electrons. The maximum atomic E-state index is 12.8. The van der Waals surface area contributed by atoms with Crippen molar-refractivity contribution in [2.24, 2.45) is 0 Å². The molecule has 1 fully saturated rings. The molecule has 28 heavy (non-hydrogen) atoms. The molecule has 1 saturated carbocycles. The van der Waals surface area contributed by atoms with E-state index in [-0.39, 0.29) is 23.1 Å². The molecule has 0 atom stereocenters. The minimum Gasteiger partial charge on any atom is -0.349 e. The van der Waals surface area contributed by atoms with E-state index in [0.29, 0.717) is 6.54 Å². The quantitative estimate of drug-likeness (QED) is 0.762. The summed E-state index contributed by atoms with van der Waals surface area (Å²) in [4.78, 5) is 43.2. The lowest BCUT2D eigenvalue weighted by molar-refractivity contribution is 0.0783. The molecule has 7 heteroatoms. The third-order valence-corrected chi connectivity index (χ3v) is 4.57. The molecule has 2 aromatic rings. The van der Waals surface area contributed by atoms with Gasteiger partial charge in [0.15, 0.2) is 0 Å². The van der Waals surface area contributed by atoms with Crippen LogP contribution in [0.25, 0.3) is 0 Å². The van der Waals surface area contributed by atoms with Crippen molar-refractivity contribution in [3.63, 3.8) is 0 Å². The fourth-order valence-electron chi connectivity index (χ4n) is 3.01. The first-order valence-corrected chi connectivity index (χ1v) is 9.35. The van der Waals surface area contributed by atoms with Crippen LogP contribution in [0.5, 0.6) is 0 Å². The molecule has 1 aliphatic carbocycles. The highest BCUT2D eigenvalue weighted by Gasteiger charge is 2.25. The fraction of sp³-hybridized carbons (Fsp3) is 0.381. The number of nitrogens with zero attached hydrogens (tertiary/aromatic N) is 2. The Morgan fingerprint density at radius 3 is 2.43 bits per heavy atom. The van der Waals surface area contributed by atoms with Gasteiger partial charge in [-0.1, -0.05) is 24.3 Å². The molecule has 0 radical (unpaired) electrons. The van der Waals surface area contributed by atoms with Gasteiger partial charge in [-0.3, -0.25) is 14.4 Å². The number of nitrogens with one attached hydrogen (secondary N) is 2. The van der Waals surface area contributed by atoms with Gasteiger partial charge in [0.05, 0.1) is 5.56 Å². The number of hydrogen-bond acceptors (Lipinski definition) is 4. The van der Waals surface area contributed by atoms with Crippen LogP contribution in [0.3, 0.4) is 0 Å². The van der Waals surface area contributed by atoms with E-state index in [4.69, 9.17) is 0 Å². The average molecular weight is 382 g/mol. The number of H-pyrrole nitrogens is 1. The zero-order valence-corrected chi connectivity index (χ0v) is 16.5. The van der Waals surface area contributed by atoms with Crippen LogP contribution in [-0.4, -0.2) is 53.8 Å². The van der Waals surface area contributed by atoms with E-state index in [2.05, 4.69) is 15.2 Å². The van der Waals surface area contributed by atoms with Crippen LogP contribution in [0.2, 0.25) is 0 Å². The van der Waals surface area contributed by atoms with Gasteiger partial charge < -0.3 is 20.1 Å². The van der Waals surface area contributed by atoms with Gasteiger partial charge in [0.1, 0.15) is 5.56 Å². The van der Waals surface area contributed by atoms with Crippen LogP contribution in [0, 0.1) is 0 Å². The van der Waals surface area contributed by atoms with Gasteiger partial charge >= 0.3 is 0 Å². The summed E-state index contributed by atoms with van der Waals surface area (Å²) in [5.41, 5.74) is 1.89. The molecule has 0 aliphatic heterocycles. The first-order chi connectivity index (χ1) is 13.3. The molecule has 2 N–H and O–H groups in total. The molecule has 1 aromatic carbocycles. The van der Waals surface area contributed by atoms with Crippen molar-refractivity contribution in [1.82, 2.24) is 20.1 Å². The van der Waals surface area contributed by atoms with Crippen molar-refractivity contribution >= 4 is 11.8 Å². The third kappa shape index (κ3) is 5.07. The summed E-state index contributed by atoms with van der Waals surface area (Å²) in [5, 5.41) is 2.86. The molecule has 0 saturated heterocycles. The largest absolute Gasteiger partial charge is 0.349 e. The summed E-state index contributed by atoms with van der Waals surface area (Å²) in [6.45, 7) is 1.18. The molecule has 1 aliphatic rings. The Kier molecular flexibility index (Phi) is 5.94. The summed E-state index contributed by atoms with van der Waals surface area (Å²) in [6.07, 6.45) is 3.29. The number of amides is 2. The number of aromatic nitrogens is 1. The predicted molar refractivity (Wildman–Crippen MR) is 107 cm³/mol. The second kappa shape index (κ2) is 8.39. The van der Waals surface area contributed by atoms with Crippen LogP contribution < -0.4 is 10.9 Å². The lowest BCUT2D eigenvalue weighted by Crippen LogP contribution is -2.33. The zero-order valence-electron chi connectivity index (χ0n) is 16.5. The van der Waals surface area contributed by atoms with E-state index in [1.54, 1.807) is 7.05 Å². The van der Waals surface area contributed by atoms with Crippen LogP contribution in [-0.2, 0) is 13.1 Å². The van der Waals surface area contributed by atoms with Gasteiger partial charge in [-0.05, 0) is 44.1 Å². The topological polar surface area (TPSA) is 85.5 Å². The summed E-state index contributed by atoms with van der Waals surface area (Å²) >= 11 is 0. The molecule has 0 bridgehead atoms. The van der Waals surface area contributed by atoms with Gasteiger partial charge in [-0.15, -0.1) is 0 Å². The highest BCUT2D eigenvalue weighted by molar-refractivity contribution is 5.99. The number of pyridine rings is 1.